The average molecular weight is 493 g/mol. The Kier molecular flexibility index (Phi) is 6.22. The summed E-state index contributed by atoms with van der Waals surface area (Å²) in [6, 6.07) is 8.00. The number of benzene rings is 1. The molecule has 10 heteroatoms. The molecule has 4 heterocycles. The Balaban J connectivity index is 1.29. The molecule has 0 radical (unpaired) electrons. The molecule has 0 spiro atoms. The molecule has 1 unspecified atom stereocenters. The number of rotatable bonds is 5. The van der Waals surface area contributed by atoms with Gasteiger partial charge in [-0.2, -0.15) is 0 Å². The lowest BCUT2D eigenvalue weighted by molar-refractivity contribution is -0.136. The van der Waals surface area contributed by atoms with Crippen LogP contribution in [0.3, 0.4) is 0 Å². The van der Waals surface area contributed by atoms with Gasteiger partial charge in [0.15, 0.2) is 0 Å². The van der Waals surface area contributed by atoms with Crippen molar-refractivity contribution in [3.63, 3.8) is 0 Å². The second-order valence-electron chi connectivity index (χ2n) is 10.1. The summed E-state index contributed by atoms with van der Waals surface area (Å²) in [6.45, 7) is 6.19. The Hall–Kier alpha value is -3.24. The number of carbonyl (C=O) groups is 2. The van der Waals surface area contributed by atoms with E-state index in [0.29, 0.717) is 51.5 Å². The molecule has 2 N–H and O–H groups in total. The molecule has 1 saturated carbocycles. The van der Waals surface area contributed by atoms with Crippen LogP contribution in [-0.4, -0.2) is 71.9 Å². The van der Waals surface area contributed by atoms with E-state index in [-0.39, 0.29) is 23.9 Å². The summed E-state index contributed by atoms with van der Waals surface area (Å²) in [4.78, 5) is 39.3. The van der Waals surface area contributed by atoms with Crippen molar-refractivity contribution in [2.45, 2.75) is 51.4 Å². The van der Waals surface area contributed by atoms with Crippen LogP contribution in [0.1, 0.15) is 37.4 Å². The minimum Gasteiger partial charge on any atom is -0.381 e. The zero-order valence-electron chi connectivity index (χ0n) is 20.5. The molecule has 2 atom stereocenters. The van der Waals surface area contributed by atoms with Crippen LogP contribution in [0.4, 0.5) is 16.4 Å². The lowest BCUT2D eigenvalue weighted by Crippen LogP contribution is -2.44. The van der Waals surface area contributed by atoms with Gasteiger partial charge < -0.3 is 29.9 Å². The van der Waals surface area contributed by atoms with Crippen molar-refractivity contribution in [3.05, 3.63) is 35.5 Å². The highest BCUT2D eigenvalue weighted by Crippen LogP contribution is 2.34. The monoisotopic (exact) mass is 492 g/mol. The molecule has 190 valence electrons. The van der Waals surface area contributed by atoms with Gasteiger partial charge in [-0.15, -0.1) is 0 Å². The maximum atomic E-state index is 13.2. The van der Waals surface area contributed by atoms with E-state index >= 15 is 0 Å². The first-order valence-electron chi connectivity index (χ1n) is 12.8. The van der Waals surface area contributed by atoms with Crippen LogP contribution in [0, 0.1) is 5.92 Å². The third-order valence-electron chi connectivity index (χ3n) is 7.31. The van der Waals surface area contributed by atoms with Crippen LogP contribution >= 0.6 is 0 Å². The van der Waals surface area contributed by atoms with E-state index in [0.717, 1.165) is 54.0 Å². The molecule has 2 aromatic rings. The number of morpholine rings is 1. The molecule has 36 heavy (non-hydrogen) atoms. The number of ether oxygens (including phenoxy) is 2. The molecule has 6 rings (SSSR count). The van der Waals surface area contributed by atoms with E-state index in [1.54, 1.807) is 0 Å². The van der Waals surface area contributed by atoms with Gasteiger partial charge in [-0.25, -0.2) is 14.8 Å². The fourth-order valence-corrected chi connectivity index (χ4v) is 5.07. The molecule has 1 aliphatic carbocycles. The van der Waals surface area contributed by atoms with Gasteiger partial charge in [0.25, 0.3) is 0 Å². The van der Waals surface area contributed by atoms with E-state index in [4.69, 9.17) is 19.4 Å². The molecule has 1 aromatic carbocycles. The number of carbonyl (C=O) groups excluding carboxylic acids is 2. The van der Waals surface area contributed by atoms with Crippen molar-refractivity contribution >= 4 is 23.6 Å². The Bertz CT molecular complexity index is 1150. The van der Waals surface area contributed by atoms with E-state index in [2.05, 4.69) is 22.5 Å². The Labute approximate surface area is 210 Å². The highest BCUT2D eigenvalue weighted by atomic mass is 16.5. The number of amides is 3. The molecule has 3 aliphatic heterocycles. The topological polar surface area (TPSA) is 109 Å². The van der Waals surface area contributed by atoms with Crippen LogP contribution < -0.4 is 15.5 Å². The Morgan fingerprint density at radius 3 is 2.53 bits per heavy atom. The second-order valence-corrected chi connectivity index (χ2v) is 10.1. The van der Waals surface area contributed by atoms with Gasteiger partial charge in [-0.05, 0) is 38.3 Å². The summed E-state index contributed by atoms with van der Waals surface area (Å²) in [5.41, 5.74) is 4.37. The quantitative estimate of drug-likeness (QED) is 0.660. The zero-order chi connectivity index (χ0) is 24.6. The van der Waals surface area contributed by atoms with Gasteiger partial charge >= 0.3 is 6.03 Å². The lowest BCUT2D eigenvalue weighted by Gasteiger charge is -2.33. The molecule has 3 fully saturated rings. The minimum atomic E-state index is -0.179. The summed E-state index contributed by atoms with van der Waals surface area (Å²) in [6.07, 6.45) is 2.86. The third kappa shape index (κ3) is 4.75. The van der Waals surface area contributed by atoms with Crippen LogP contribution in [0.15, 0.2) is 24.3 Å². The number of anilines is 2. The highest BCUT2D eigenvalue weighted by molar-refractivity contribution is 5.90. The Morgan fingerprint density at radius 1 is 1.00 bits per heavy atom. The fourth-order valence-electron chi connectivity index (χ4n) is 5.07. The van der Waals surface area contributed by atoms with Crippen LogP contribution in [0.25, 0.3) is 11.3 Å². The maximum absolute atomic E-state index is 13.2. The van der Waals surface area contributed by atoms with Gasteiger partial charge in [0.05, 0.1) is 56.3 Å². The molecule has 2 saturated heterocycles. The van der Waals surface area contributed by atoms with Crippen molar-refractivity contribution in [3.8, 4) is 11.3 Å². The molecule has 4 aliphatic rings. The predicted octanol–water partition coefficient (Wildman–Crippen LogP) is 2.53. The van der Waals surface area contributed by atoms with E-state index in [1.165, 1.54) is 0 Å². The average Bonchev–Trinajstić information content (AvgIpc) is 3.34. The number of nitrogens with one attached hydrogen (secondary N) is 2. The lowest BCUT2D eigenvalue weighted by atomic mass is 10.0. The first-order chi connectivity index (χ1) is 17.5. The summed E-state index contributed by atoms with van der Waals surface area (Å²) in [7, 11) is 0. The molecule has 10 nitrogen and oxygen atoms in total. The first-order valence-corrected chi connectivity index (χ1v) is 12.8. The second kappa shape index (κ2) is 9.67. The summed E-state index contributed by atoms with van der Waals surface area (Å²) < 4.78 is 11.1. The minimum absolute atomic E-state index is 0.0819. The number of fused-ring (bicyclic) bond motifs is 1. The normalized spacial score (nSPS) is 23.5. The smallest absolute Gasteiger partial charge is 0.319 e. The van der Waals surface area contributed by atoms with E-state index in [9.17, 15) is 9.59 Å². The van der Waals surface area contributed by atoms with Gasteiger partial charge in [0, 0.05) is 36.0 Å². The van der Waals surface area contributed by atoms with Crippen molar-refractivity contribution in [2.24, 2.45) is 5.92 Å². The first kappa shape index (κ1) is 23.2. The third-order valence-corrected chi connectivity index (χ3v) is 7.31. The van der Waals surface area contributed by atoms with E-state index < -0.39 is 0 Å². The van der Waals surface area contributed by atoms with Crippen LogP contribution in [0.2, 0.25) is 0 Å². The number of urea groups is 1. The van der Waals surface area contributed by atoms with Crippen molar-refractivity contribution in [2.75, 3.05) is 43.2 Å². The highest BCUT2D eigenvalue weighted by Gasteiger charge is 2.35. The zero-order valence-corrected chi connectivity index (χ0v) is 20.5. The number of aromatic nitrogens is 2. The molecule has 0 bridgehead atoms. The molecular weight excluding hydrogens is 460 g/mol. The van der Waals surface area contributed by atoms with Crippen molar-refractivity contribution < 1.29 is 19.1 Å². The van der Waals surface area contributed by atoms with Gasteiger partial charge in [0.1, 0.15) is 0 Å². The van der Waals surface area contributed by atoms with Gasteiger partial charge in [0.2, 0.25) is 11.9 Å². The number of hydrogen-bond donors (Lipinski definition) is 2. The van der Waals surface area contributed by atoms with E-state index in [1.807, 2.05) is 29.2 Å². The largest absolute Gasteiger partial charge is 0.381 e. The van der Waals surface area contributed by atoms with Crippen molar-refractivity contribution in [1.29, 1.82) is 0 Å². The molecular formula is C26H32N6O4. The fraction of sp³-hybridized carbons (Fsp3) is 0.538. The standard InChI is InChI=1S/C26H32N6O4/c1-16-14-36-11-9-32(16)25-29-22-13-31(24(33)18-8-10-35-15-18)12-21(22)23(30-25)17-2-4-19(5-3-17)27-26(34)28-20-6-7-20/h2-5,16,18,20H,6-15H2,1H3,(H2,27,28,34)/t16-,18?/m0/s1. The van der Waals surface area contributed by atoms with Crippen LogP contribution in [0.5, 0.6) is 0 Å². The van der Waals surface area contributed by atoms with Crippen molar-refractivity contribution in [1.82, 2.24) is 20.2 Å². The SMILES string of the molecule is C[C@H]1COCCN1c1nc2c(c(-c3ccc(NC(=O)NC4CC4)cc3)n1)CN(C(=O)C1CCOC1)C2. The predicted molar refractivity (Wildman–Crippen MR) is 133 cm³/mol. The molecule has 3 amide bonds. The summed E-state index contributed by atoms with van der Waals surface area (Å²) >= 11 is 0. The number of hydrogen-bond acceptors (Lipinski definition) is 7. The number of nitrogens with zero attached hydrogens (tertiary/aromatic N) is 4. The summed E-state index contributed by atoms with van der Waals surface area (Å²) in [5, 5.41) is 5.83. The Morgan fingerprint density at radius 2 is 1.81 bits per heavy atom. The van der Waals surface area contributed by atoms with Crippen LogP contribution in [-0.2, 0) is 27.4 Å². The van der Waals surface area contributed by atoms with Gasteiger partial charge in [-0.3, -0.25) is 4.79 Å². The van der Waals surface area contributed by atoms with Gasteiger partial charge in [-0.1, -0.05) is 12.1 Å². The maximum Gasteiger partial charge on any atom is 0.319 e. The molecule has 1 aromatic heterocycles. The summed E-state index contributed by atoms with van der Waals surface area (Å²) in [5.74, 6) is 0.713.